The van der Waals surface area contributed by atoms with Crippen LogP contribution in [0.3, 0.4) is 0 Å². The van der Waals surface area contributed by atoms with Crippen LogP contribution >= 0.6 is 11.6 Å². The van der Waals surface area contributed by atoms with Gasteiger partial charge in [0.05, 0.1) is 16.8 Å². The van der Waals surface area contributed by atoms with E-state index in [-0.39, 0.29) is 6.04 Å². The molecule has 0 heterocycles. The van der Waals surface area contributed by atoms with Crippen molar-refractivity contribution in [1.82, 2.24) is 0 Å². The summed E-state index contributed by atoms with van der Waals surface area (Å²) in [7, 11) is 0. The summed E-state index contributed by atoms with van der Waals surface area (Å²) in [5, 5.41) is 3.72. The van der Waals surface area contributed by atoms with Crippen molar-refractivity contribution in [3.8, 4) is 0 Å². The summed E-state index contributed by atoms with van der Waals surface area (Å²) in [5.74, 6) is -0.501. The number of nitrogen functional groups attached to an aromatic ring is 1. The Morgan fingerprint density at radius 1 is 1.25 bits per heavy atom. The van der Waals surface area contributed by atoms with Crippen LogP contribution in [0.25, 0.3) is 0 Å². The highest BCUT2D eigenvalue weighted by atomic mass is 35.5. The number of para-hydroxylation sites is 1. The monoisotopic (exact) mass is 289 g/mol. The van der Waals surface area contributed by atoms with Crippen molar-refractivity contribution < 1.29 is 4.79 Å². The predicted molar refractivity (Wildman–Crippen MR) is 82.9 cm³/mol. The van der Waals surface area contributed by atoms with Gasteiger partial charge in [0, 0.05) is 11.3 Å². The van der Waals surface area contributed by atoms with Crippen LogP contribution in [0.1, 0.15) is 28.9 Å². The Labute approximate surface area is 122 Å². The zero-order chi connectivity index (χ0) is 14.7. The molecule has 1 atom stereocenters. The second kappa shape index (κ2) is 5.84. The minimum absolute atomic E-state index is 0.00636. The predicted octanol–water partition coefficient (Wildman–Crippen LogP) is 3.19. The number of nitrogens with two attached hydrogens (primary N) is 2. The highest BCUT2D eigenvalue weighted by molar-refractivity contribution is 6.33. The van der Waals surface area contributed by atoms with E-state index in [0.29, 0.717) is 10.6 Å². The summed E-state index contributed by atoms with van der Waals surface area (Å²) >= 11 is 6.14. The molecule has 0 fully saturated rings. The Balaban J connectivity index is 2.22. The fourth-order valence-corrected chi connectivity index (χ4v) is 2.24. The maximum Gasteiger partial charge on any atom is 0.248 e. The van der Waals surface area contributed by atoms with Gasteiger partial charge in [0.15, 0.2) is 0 Å². The lowest BCUT2D eigenvalue weighted by Crippen LogP contribution is -2.12. The molecule has 104 valence electrons. The first-order chi connectivity index (χ1) is 9.49. The van der Waals surface area contributed by atoms with Gasteiger partial charge >= 0.3 is 0 Å². The lowest BCUT2D eigenvalue weighted by Gasteiger charge is -2.18. The molecule has 0 aromatic heterocycles. The molecule has 1 amide bonds. The Morgan fingerprint density at radius 2 is 1.95 bits per heavy atom. The van der Waals surface area contributed by atoms with E-state index in [1.165, 1.54) is 0 Å². The maximum atomic E-state index is 11.1. The molecule has 0 aliphatic heterocycles. The molecule has 2 aromatic rings. The third kappa shape index (κ3) is 3.03. The summed E-state index contributed by atoms with van der Waals surface area (Å²) in [6, 6.07) is 12.5. The van der Waals surface area contributed by atoms with Gasteiger partial charge < -0.3 is 16.8 Å². The molecule has 4 nitrogen and oxygen atoms in total. The molecule has 1 unspecified atom stereocenters. The first-order valence-corrected chi connectivity index (χ1v) is 6.57. The Bertz CT molecular complexity index is 643. The van der Waals surface area contributed by atoms with Crippen molar-refractivity contribution in [3.63, 3.8) is 0 Å². The van der Waals surface area contributed by atoms with E-state index in [1.807, 2.05) is 31.2 Å². The largest absolute Gasteiger partial charge is 0.398 e. The molecule has 0 bridgehead atoms. The van der Waals surface area contributed by atoms with Crippen LogP contribution in [0.4, 0.5) is 11.4 Å². The minimum Gasteiger partial charge on any atom is -0.398 e. The topological polar surface area (TPSA) is 81.1 Å². The van der Waals surface area contributed by atoms with Crippen molar-refractivity contribution in [2.75, 3.05) is 11.1 Å². The van der Waals surface area contributed by atoms with Gasteiger partial charge in [-0.05, 0) is 36.8 Å². The van der Waals surface area contributed by atoms with E-state index in [9.17, 15) is 4.79 Å². The fraction of sp³-hybridized carbons (Fsp3) is 0.133. The number of anilines is 2. The lowest BCUT2D eigenvalue weighted by atomic mass is 10.1. The number of carbonyl (C=O) groups excluding carboxylic acids is 1. The van der Waals surface area contributed by atoms with Crippen molar-refractivity contribution in [2.24, 2.45) is 5.73 Å². The second-order valence-corrected chi connectivity index (χ2v) is 4.96. The minimum atomic E-state index is -0.501. The fourth-order valence-electron chi connectivity index (χ4n) is 2.00. The summed E-state index contributed by atoms with van der Waals surface area (Å²) in [6.45, 7) is 1.99. The normalized spacial score (nSPS) is 11.9. The van der Waals surface area contributed by atoms with Gasteiger partial charge in [-0.15, -0.1) is 0 Å². The molecule has 0 saturated carbocycles. The number of primary amides is 1. The number of carbonyl (C=O) groups is 1. The van der Waals surface area contributed by atoms with E-state index in [4.69, 9.17) is 23.1 Å². The molecule has 20 heavy (non-hydrogen) atoms. The van der Waals surface area contributed by atoms with Crippen LogP contribution in [0.5, 0.6) is 0 Å². The molecule has 5 heteroatoms. The molecule has 2 aromatic carbocycles. The van der Waals surface area contributed by atoms with E-state index < -0.39 is 5.91 Å². The standard InChI is InChI=1S/C15H16ClN3O/c1-9(11-4-2-3-5-13(11)17)19-14-7-6-10(15(18)20)8-12(14)16/h2-9,19H,17H2,1H3,(H2,18,20). The average molecular weight is 290 g/mol. The number of halogens is 1. The number of hydrogen-bond donors (Lipinski definition) is 3. The Morgan fingerprint density at radius 3 is 2.55 bits per heavy atom. The number of hydrogen-bond acceptors (Lipinski definition) is 3. The van der Waals surface area contributed by atoms with E-state index in [1.54, 1.807) is 18.2 Å². The zero-order valence-electron chi connectivity index (χ0n) is 11.1. The number of amides is 1. The highest BCUT2D eigenvalue weighted by Gasteiger charge is 2.11. The first kappa shape index (κ1) is 14.2. The van der Waals surface area contributed by atoms with Gasteiger partial charge in [-0.3, -0.25) is 4.79 Å². The molecule has 0 aliphatic carbocycles. The number of rotatable bonds is 4. The van der Waals surface area contributed by atoms with Crippen molar-refractivity contribution in [1.29, 1.82) is 0 Å². The molecule has 2 rings (SSSR count). The van der Waals surface area contributed by atoms with Crippen LogP contribution < -0.4 is 16.8 Å². The molecular formula is C15H16ClN3O. The van der Waals surface area contributed by atoms with Gasteiger partial charge in [-0.25, -0.2) is 0 Å². The van der Waals surface area contributed by atoms with Gasteiger partial charge in [-0.2, -0.15) is 0 Å². The van der Waals surface area contributed by atoms with Crippen LogP contribution in [0.2, 0.25) is 5.02 Å². The SMILES string of the molecule is CC(Nc1ccc(C(N)=O)cc1Cl)c1ccccc1N. The zero-order valence-corrected chi connectivity index (χ0v) is 11.8. The molecular weight excluding hydrogens is 274 g/mol. The van der Waals surface area contributed by atoms with Crippen molar-refractivity contribution in [3.05, 3.63) is 58.6 Å². The van der Waals surface area contributed by atoms with Gasteiger partial charge in [0.25, 0.3) is 0 Å². The molecule has 0 saturated heterocycles. The summed E-state index contributed by atoms with van der Waals surface area (Å²) in [5.41, 5.74) is 14.0. The van der Waals surface area contributed by atoms with Gasteiger partial charge in [0.2, 0.25) is 5.91 Å². The van der Waals surface area contributed by atoms with Crippen LogP contribution in [0, 0.1) is 0 Å². The van der Waals surface area contributed by atoms with Crippen LogP contribution in [-0.4, -0.2) is 5.91 Å². The Hall–Kier alpha value is -2.20. The second-order valence-electron chi connectivity index (χ2n) is 4.55. The average Bonchev–Trinajstić information content (AvgIpc) is 2.41. The van der Waals surface area contributed by atoms with E-state index >= 15 is 0 Å². The molecule has 0 radical (unpaired) electrons. The van der Waals surface area contributed by atoms with E-state index in [0.717, 1.165) is 16.9 Å². The summed E-state index contributed by atoms with van der Waals surface area (Å²) in [4.78, 5) is 11.1. The molecule has 0 aliphatic rings. The third-order valence-electron chi connectivity index (χ3n) is 3.09. The van der Waals surface area contributed by atoms with E-state index in [2.05, 4.69) is 5.32 Å². The highest BCUT2D eigenvalue weighted by Crippen LogP contribution is 2.29. The first-order valence-electron chi connectivity index (χ1n) is 6.19. The van der Waals surface area contributed by atoms with Gasteiger partial charge in [-0.1, -0.05) is 29.8 Å². The quantitative estimate of drug-likeness (QED) is 0.756. The summed E-state index contributed by atoms with van der Waals surface area (Å²) in [6.07, 6.45) is 0. The number of benzene rings is 2. The smallest absolute Gasteiger partial charge is 0.248 e. The number of nitrogens with one attached hydrogen (secondary N) is 1. The Kier molecular flexibility index (Phi) is 4.15. The van der Waals surface area contributed by atoms with Crippen molar-refractivity contribution >= 4 is 28.9 Å². The maximum absolute atomic E-state index is 11.1. The van der Waals surface area contributed by atoms with Crippen LogP contribution in [-0.2, 0) is 0 Å². The van der Waals surface area contributed by atoms with Crippen molar-refractivity contribution in [2.45, 2.75) is 13.0 Å². The third-order valence-corrected chi connectivity index (χ3v) is 3.40. The summed E-state index contributed by atoms with van der Waals surface area (Å²) < 4.78 is 0. The van der Waals surface area contributed by atoms with Crippen LogP contribution in [0.15, 0.2) is 42.5 Å². The molecule has 5 N–H and O–H groups in total. The van der Waals surface area contributed by atoms with Gasteiger partial charge in [0.1, 0.15) is 0 Å². The molecule has 0 spiro atoms. The lowest BCUT2D eigenvalue weighted by molar-refractivity contribution is 0.100.